The smallest absolute Gasteiger partial charge is 0.140 e. The van der Waals surface area contributed by atoms with Crippen LogP contribution in [-0.4, -0.2) is 0 Å². The summed E-state index contributed by atoms with van der Waals surface area (Å²) in [5.41, 5.74) is 14.4. The molecule has 0 aliphatic heterocycles. The molecule has 57 heavy (non-hydrogen) atoms. The van der Waals surface area contributed by atoms with Gasteiger partial charge < -0.3 is 9.32 Å². The Morgan fingerprint density at radius 3 is 1.56 bits per heavy atom. The fraction of sp³-hybridized carbons (Fsp3) is 0.0182. The number of para-hydroxylation sites is 1. The molecule has 0 saturated heterocycles. The van der Waals surface area contributed by atoms with Gasteiger partial charge >= 0.3 is 0 Å². The predicted octanol–water partition coefficient (Wildman–Crippen LogP) is 14.8. The number of nitrogens with zero attached hydrogens (tertiary/aromatic N) is 1. The zero-order valence-corrected chi connectivity index (χ0v) is 31.2. The molecule has 9 aromatic carbocycles. The molecule has 268 valence electrons. The topological polar surface area (TPSA) is 16.4 Å². The van der Waals surface area contributed by atoms with Crippen LogP contribution < -0.4 is 4.90 Å². The lowest BCUT2D eigenvalue weighted by Gasteiger charge is -2.35. The minimum atomic E-state index is -0.604. The molecule has 0 amide bonds. The lowest BCUT2D eigenvalue weighted by molar-refractivity contribution is 0.628. The quantitative estimate of drug-likeness (QED) is 0.163. The SMILES string of the molecule is c1ccc(-c2ccc(N(c3ccc(-c4cccc5c4C(c4ccccc4)(c4ccccc4)c4c-5oc5ccccc45)cc3)c3ccc4ccccc4c3)cc2)cc1. The summed E-state index contributed by atoms with van der Waals surface area (Å²) >= 11 is 0. The summed E-state index contributed by atoms with van der Waals surface area (Å²) in [7, 11) is 0. The third kappa shape index (κ3) is 5.26. The fourth-order valence-corrected chi connectivity index (χ4v) is 9.23. The van der Waals surface area contributed by atoms with Gasteiger partial charge in [-0.3, -0.25) is 0 Å². The summed E-state index contributed by atoms with van der Waals surface area (Å²) in [6.07, 6.45) is 0. The van der Waals surface area contributed by atoms with Crippen LogP contribution in [0.15, 0.2) is 229 Å². The van der Waals surface area contributed by atoms with Gasteiger partial charge in [0.25, 0.3) is 0 Å². The monoisotopic (exact) mass is 727 g/mol. The largest absolute Gasteiger partial charge is 0.456 e. The summed E-state index contributed by atoms with van der Waals surface area (Å²) in [6, 6.07) is 81.0. The molecular formula is C55H37NO. The van der Waals surface area contributed by atoms with E-state index < -0.39 is 5.41 Å². The maximum atomic E-state index is 6.84. The normalized spacial score (nSPS) is 12.7. The molecule has 0 fully saturated rings. The van der Waals surface area contributed by atoms with E-state index in [1.54, 1.807) is 0 Å². The number of anilines is 3. The van der Waals surface area contributed by atoms with Gasteiger partial charge in [-0.15, -0.1) is 0 Å². The predicted molar refractivity (Wildman–Crippen MR) is 237 cm³/mol. The van der Waals surface area contributed by atoms with Crippen molar-refractivity contribution in [3.8, 4) is 33.6 Å². The molecule has 1 aromatic heterocycles. The second-order valence-corrected chi connectivity index (χ2v) is 14.8. The van der Waals surface area contributed by atoms with Crippen LogP contribution >= 0.6 is 0 Å². The van der Waals surface area contributed by atoms with Gasteiger partial charge in [-0.2, -0.15) is 0 Å². The van der Waals surface area contributed by atoms with Crippen molar-refractivity contribution in [2.75, 3.05) is 4.90 Å². The maximum absolute atomic E-state index is 6.84. The first kappa shape index (κ1) is 33.0. The average molecular weight is 728 g/mol. The van der Waals surface area contributed by atoms with Crippen LogP contribution in [0.2, 0.25) is 0 Å². The lowest BCUT2D eigenvalue weighted by Crippen LogP contribution is -2.29. The molecule has 1 aliphatic carbocycles. The van der Waals surface area contributed by atoms with Crippen molar-refractivity contribution < 1.29 is 4.42 Å². The highest BCUT2D eigenvalue weighted by Crippen LogP contribution is 2.61. The van der Waals surface area contributed by atoms with Crippen LogP contribution in [0.1, 0.15) is 22.3 Å². The molecule has 0 radical (unpaired) electrons. The molecule has 2 heteroatoms. The molecule has 0 spiro atoms. The van der Waals surface area contributed by atoms with Gasteiger partial charge in [0.05, 0.1) is 5.41 Å². The molecule has 10 aromatic rings. The van der Waals surface area contributed by atoms with E-state index in [0.717, 1.165) is 44.9 Å². The first-order chi connectivity index (χ1) is 28.3. The second-order valence-electron chi connectivity index (χ2n) is 14.8. The maximum Gasteiger partial charge on any atom is 0.140 e. The highest BCUT2D eigenvalue weighted by molar-refractivity contribution is 6.00. The van der Waals surface area contributed by atoms with Crippen molar-refractivity contribution in [3.63, 3.8) is 0 Å². The van der Waals surface area contributed by atoms with E-state index in [1.807, 2.05) is 0 Å². The number of benzene rings is 9. The van der Waals surface area contributed by atoms with E-state index in [-0.39, 0.29) is 0 Å². The van der Waals surface area contributed by atoms with Gasteiger partial charge in [-0.1, -0.05) is 182 Å². The fourth-order valence-electron chi connectivity index (χ4n) is 9.23. The molecule has 0 saturated carbocycles. The van der Waals surface area contributed by atoms with Crippen molar-refractivity contribution in [1.29, 1.82) is 0 Å². The zero-order chi connectivity index (χ0) is 37.8. The number of rotatable bonds is 7. The Hall–Kier alpha value is -7.42. The minimum Gasteiger partial charge on any atom is -0.456 e. The van der Waals surface area contributed by atoms with Crippen LogP contribution in [0.25, 0.3) is 55.3 Å². The molecular weight excluding hydrogens is 691 g/mol. The number of furan rings is 1. The van der Waals surface area contributed by atoms with E-state index in [0.29, 0.717) is 0 Å². The molecule has 0 N–H and O–H groups in total. The van der Waals surface area contributed by atoms with Crippen molar-refractivity contribution >= 4 is 38.8 Å². The summed E-state index contributed by atoms with van der Waals surface area (Å²) in [5, 5.41) is 3.57. The van der Waals surface area contributed by atoms with E-state index in [4.69, 9.17) is 4.42 Å². The van der Waals surface area contributed by atoms with Gasteiger partial charge in [0.1, 0.15) is 11.3 Å². The van der Waals surface area contributed by atoms with Crippen LogP contribution in [0, 0.1) is 0 Å². The Bertz CT molecular complexity index is 3000. The standard InChI is InChI=1S/C55H37NO/c1-4-15-38(16-5-1)40-27-32-45(33-28-40)56(47-36-29-39-17-10-11-18-42(39)37-47)46-34-30-41(31-35-46)48-24-14-25-50-52(48)55(43-19-6-2-7-20-43,44-21-8-3-9-22-44)53-49-23-12-13-26-51(49)57-54(50)53/h1-37H. The Morgan fingerprint density at radius 1 is 0.351 bits per heavy atom. The van der Waals surface area contributed by atoms with Crippen LogP contribution in [0.5, 0.6) is 0 Å². The minimum absolute atomic E-state index is 0.604. The number of fused-ring (bicyclic) bond motifs is 6. The number of hydrogen-bond donors (Lipinski definition) is 0. The molecule has 11 rings (SSSR count). The Labute approximate surface area is 332 Å². The number of hydrogen-bond acceptors (Lipinski definition) is 2. The first-order valence-corrected chi connectivity index (χ1v) is 19.6. The summed E-state index contributed by atoms with van der Waals surface area (Å²) < 4.78 is 6.84. The molecule has 2 nitrogen and oxygen atoms in total. The van der Waals surface area contributed by atoms with Gasteiger partial charge in [0.15, 0.2) is 0 Å². The molecule has 0 atom stereocenters. The van der Waals surface area contributed by atoms with E-state index in [1.165, 1.54) is 49.7 Å². The highest BCUT2D eigenvalue weighted by Gasteiger charge is 2.50. The average Bonchev–Trinajstić information content (AvgIpc) is 3.82. The summed E-state index contributed by atoms with van der Waals surface area (Å²) in [4.78, 5) is 2.36. The summed E-state index contributed by atoms with van der Waals surface area (Å²) in [5.74, 6) is 0.943. The van der Waals surface area contributed by atoms with E-state index in [2.05, 4.69) is 229 Å². The molecule has 1 heterocycles. The third-order valence-electron chi connectivity index (χ3n) is 11.7. The van der Waals surface area contributed by atoms with Gasteiger partial charge in [-0.05, 0) is 92.2 Å². The Morgan fingerprint density at radius 2 is 0.877 bits per heavy atom. The second kappa shape index (κ2) is 13.4. The molecule has 1 aliphatic rings. The molecule has 0 unspecified atom stereocenters. The molecule has 0 bridgehead atoms. The van der Waals surface area contributed by atoms with Crippen molar-refractivity contribution in [1.82, 2.24) is 0 Å². The van der Waals surface area contributed by atoms with E-state index in [9.17, 15) is 0 Å². The van der Waals surface area contributed by atoms with Crippen molar-refractivity contribution in [2.45, 2.75) is 5.41 Å². The van der Waals surface area contributed by atoms with Gasteiger partial charge in [0.2, 0.25) is 0 Å². The lowest BCUT2D eigenvalue weighted by atomic mass is 9.65. The van der Waals surface area contributed by atoms with Gasteiger partial charge in [-0.25, -0.2) is 0 Å². The Kier molecular flexibility index (Phi) is 7.75. The van der Waals surface area contributed by atoms with E-state index >= 15 is 0 Å². The third-order valence-corrected chi connectivity index (χ3v) is 11.7. The summed E-state index contributed by atoms with van der Waals surface area (Å²) in [6.45, 7) is 0. The van der Waals surface area contributed by atoms with Crippen LogP contribution in [-0.2, 0) is 5.41 Å². The highest BCUT2D eigenvalue weighted by atomic mass is 16.3. The zero-order valence-electron chi connectivity index (χ0n) is 31.2. The van der Waals surface area contributed by atoms with Gasteiger partial charge in [0, 0.05) is 33.6 Å². The van der Waals surface area contributed by atoms with Crippen molar-refractivity contribution in [3.05, 3.63) is 247 Å². The van der Waals surface area contributed by atoms with Crippen LogP contribution in [0.3, 0.4) is 0 Å². The van der Waals surface area contributed by atoms with Crippen molar-refractivity contribution in [2.24, 2.45) is 0 Å². The first-order valence-electron chi connectivity index (χ1n) is 19.6. The van der Waals surface area contributed by atoms with Crippen LogP contribution in [0.4, 0.5) is 17.1 Å². The Balaban J connectivity index is 1.09.